The van der Waals surface area contributed by atoms with E-state index in [1.807, 2.05) is 45.0 Å². The number of aliphatic imine (C=N–C) groups is 1. The zero-order chi connectivity index (χ0) is 31.2. The largest absolute Gasteiger partial charge is 0.494 e. The molecule has 1 aliphatic rings. The maximum absolute atomic E-state index is 12.7. The van der Waals surface area contributed by atoms with Crippen LogP contribution in [-0.2, 0) is 21.0 Å². The predicted molar refractivity (Wildman–Crippen MR) is 163 cm³/mol. The van der Waals surface area contributed by atoms with Gasteiger partial charge in [-0.1, -0.05) is 24.4 Å². The number of carbonyl (C=O) groups excluding carboxylic acids is 2. The van der Waals surface area contributed by atoms with Gasteiger partial charge in [-0.25, -0.2) is 4.79 Å². The lowest BCUT2D eigenvalue weighted by Crippen LogP contribution is -2.44. The number of nitrogens with two attached hydrogens (primary N) is 1. The number of benzene rings is 1. The number of ether oxygens (including phenoxy) is 3. The fraction of sp³-hybridized carbons (Fsp3) is 0.516. The minimum absolute atomic E-state index is 0.0608. The number of hydrogen-bond acceptors (Lipinski definition) is 7. The Morgan fingerprint density at radius 1 is 1.09 bits per heavy atom. The van der Waals surface area contributed by atoms with Gasteiger partial charge in [0.05, 0.1) is 18.2 Å². The first kappa shape index (κ1) is 33.5. The third kappa shape index (κ3) is 11.6. The Labute approximate surface area is 258 Å². The van der Waals surface area contributed by atoms with E-state index >= 15 is 0 Å². The average Bonchev–Trinajstić information content (AvgIpc) is 2.98. The Balaban J connectivity index is 1.41. The molecule has 1 saturated heterocycles. The van der Waals surface area contributed by atoms with Crippen molar-refractivity contribution in [3.8, 4) is 11.9 Å². The van der Waals surface area contributed by atoms with Gasteiger partial charge < -0.3 is 29.7 Å². The van der Waals surface area contributed by atoms with Crippen molar-refractivity contribution in [2.75, 3.05) is 31.1 Å². The number of unbranched alkanes of at least 4 members (excludes halogenated alkanes) is 3. The van der Waals surface area contributed by atoms with Gasteiger partial charge in [-0.2, -0.15) is 9.83 Å². The number of likely N-dealkylation sites (tertiary alicyclic amines) is 1. The number of aromatic nitrogens is 1. The van der Waals surface area contributed by atoms with Gasteiger partial charge >= 0.3 is 12.1 Å². The first-order chi connectivity index (χ1) is 20.6. The van der Waals surface area contributed by atoms with Gasteiger partial charge in [0, 0.05) is 36.8 Å². The minimum atomic E-state index is -0.556. The molecule has 1 fully saturated rings. The van der Waals surface area contributed by atoms with Crippen LogP contribution >= 0.6 is 11.6 Å². The molecule has 0 saturated carbocycles. The van der Waals surface area contributed by atoms with Crippen molar-refractivity contribution in [3.63, 3.8) is 0 Å². The summed E-state index contributed by atoms with van der Waals surface area (Å²) < 4.78 is 18.4. The number of piperidine rings is 1. The van der Waals surface area contributed by atoms with Crippen molar-refractivity contribution >= 4 is 35.3 Å². The Morgan fingerprint density at radius 3 is 2.37 bits per heavy atom. The predicted octanol–water partition coefficient (Wildman–Crippen LogP) is 5.02. The van der Waals surface area contributed by atoms with Gasteiger partial charge in [-0.15, -0.1) is 4.99 Å². The van der Waals surface area contributed by atoms with Crippen LogP contribution in [-0.4, -0.2) is 54.8 Å². The highest BCUT2D eigenvalue weighted by Gasteiger charge is 2.31. The molecule has 1 amide bonds. The number of nitrogens with zero attached hydrogens (tertiary/aromatic N) is 5. The maximum Gasteiger partial charge on any atom is 0.410 e. The molecule has 12 heteroatoms. The second-order valence-corrected chi connectivity index (χ2v) is 11.8. The molecule has 2 N–H and O–H groups in total. The topological polar surface area (TPSA) is 134 Å². The molecular weight excluding hydrogens is 572 g/mol. The summed E-state index contributed by atoms with van der Waals surface area (Å²) in [4.78, 5) is 32.1. The molecular formula is C31H42ClN6O5+. The quantitative estimate of drug-likeness (QED) is 0.0881. The molecule has 1 aliphatic heterocycles. The standard InChI is InChI=1S/C31H42ClN6O5/c1-31(2,3)43-30(40)37-19-12-24(13-20-37)28(39)42-23-36-17-14-26(15-18-36)38(29(34)35-22-33)16-6-4-5-7-21-41-27-10-8-25(32)9-11-27/h8-11,14-15,17-18,24H,4-7,12-13,16,19-21,23H2,1-3H3,(H2,34,35)/q+1. The van der Waals surface area contributed by atoms with E-state index in [2.05, 4.69) is 4.99 Å². The first-order valence-electron chi connectivity index (χ1n) is 14.6. The van der Waals surface area contributed by atoms with Gasteiger partial charge in [0.1, 0.15) is 11.4 Å². The van der Waals surface area contributed by atoms with Crippen molar-refractivity contribution in [3.05, 3.63) is 53.8 Å². The number of halogens is 1. The number of hydrogen-bond donors (Lipinski definition) is 1. The molecule has 232 valence electrons. The Morgan fingerprint density at radius 2 is 1.74 bits per heavy atom. The van der Waals surface area contributed by atoms with E-state index in [0.717, 1.165) is 37.1 Å². The van der Waals surface area contributed by atoms with E-state index in [-0.39, 0.29) is 30.7 Å². The van der Waals surface area contributed by atoms with Crippen molar-refractivity contribution < 1.29 is 28.4 Å². The van der Waals surface area contributed by atoms with Gasteiger partial charge in [-0.05, 0) is 70.7 Å². The Hall–Kier alpha value is -4.04. The van der Waals surface area contributed by atoms with Crippen LogP contribution in [0.5, 0.6) is 5.75 Å². The second-order valence-electron chi connectivity index (χ2n) is 11.3. The summed E-state index contributed by atoms with van der Waals surface area (Å²) >= 11 is 5.90. The van der Waals surface area contributed by atoms with Crippen LogP contribution in [0, 0.1) is 17.4 Å². The Bertz CT molecular complexity index is 1250. The van der Waals surface area contributed by atoms with Crippen molar-refractivity contribution in [2.45, 2.75) is 71.6 Å². The summed E-state index contributed by atoms with van der Waals surface area (Å²) in [6.45, 7) is 7.67. The Kier molecular flexibility index (Phi) is 12.9. The SMILES string of the molecule is CC(C)(C)OC(=O)N1CCC(C(=O)OC[n+]2ccc(N(CCCCCCOc3ccc(Cl)cc3)C(N)=NC#N)cc2)CC1. The molecule has 0 unspecified atom stereocenters. The molecule has 0 atom stereocenters. The number of rotatable bonds is 12. The number of esters is 1. The van der Waals surface area contributed by atoms with Crippen LogP contribution in [0.4, 0.5) is 10.5 Å². The van der Waals surface area contributed by atoms with E-state index in [1.165, 1.54) is 0 Å². The second kappa shape index (κ2) is 16.6. The summed E-state index contributed by atoms with van der Waals surface area (Å²) in [6, 6.07) is 11.0. The average molecular weight is 614 g/mol. The van der Waals surface area contributed by atoms with Gasteiger partial charge in [0.2, 0.25) is 12.2 Å². The molecule has 11 nitrogen and oxygen atoms in total. The lowest BCUT2D eigenvalue weighted by molar-refractivity contribution is -0.727. The summed E-state index contributed by atoms with van der Waals surface area (Å²) in [5, 5.41) is 9.71. The highest BCUT2D eigenvalue weighted by Crippen LogP contribution is 2.21. The lowest BCUT2D eigenvalue weighted by atomic mass is 9.97. The molecule has 0 aliphatic carbocycles. The van der Waals surface area contributed by atoms with Crippen molar-refractivity contribution in [1.82, 2.24) is 4.90 Å². The first-order valence-corrected chi connectivity index (χ1v) is 15.0. The third-order valence-corrected chi connectivity index (χ3v) is 7.07. The van der Waals surface area contributed by atoms with E-state index < -0.39 is 5.60 Å². The molecule has 3 rings (SSSR count). The fourth-order valence-corrected chi connectivity index (χ4v) is 4.66. The number of anilines is 1. The van der Waals surface area contributed by atoms with E-state index in [4.69, 9.17) is 36.8 Å². The molecule has 0 spiro atoms. The number of carbonyl (C=O) groups is 2. The van der Waals surface area contributed by atoms with Gasteiger partial charge in [0.15, 0.2) is 12.4 Å². The van der Waals surface area contributed by atoms with Crippen LogP contribution in [0.25, 0.3) is 0 Å². The van der Waals surface area contributed by atoms with Crippen molar-refractivity contribution in [1.29, 1.82) is 5.26 Å². The molecule has 0 radical (unpaired) electrons. The highest BCUT2D eigenvalue weighted by molar-refractivity contribution is 6.30. The summed E-state index contributed by atoms with van der Waals surface area (Å²) in [5.74, 6) is 0.370. The van der Waals surface area contributed by atoms with E-state index in [9.17, 15) is 9.59 Å². The molecule has 1 aromatic carbocycles. The highest BCUT2D eigenvalue weighted by atomic mass is 35.5. The molecule has 2 aromatic rings. The molecule has 0 bridgehead atoms. The van der Waals surface area contributed by atoms with Gasteiger partial charge in [-0.3, -0.25) is 4.79 Å². The van der Waals surface area contributed by atoms with Crippen molar-refractivity contribution in [2.24, 2.45) is 16.6 Å². The molecule has 1 aromatic heterocycles. The maximum atomic E-state index is 12.7. The van der Waals surface area contributed by atoms with Gasteiger partial charge in [0.25, 0.3) is 6.73 Å². The van der Waals surface area contributed by atoms with E-state index in [0.29, 0.717) is 44.1 Å². The fourth-order valence-electron chi connectivity index (χ4n) is 4.53. The lowest BCUT2D eigenvalue weighted by Gasteiger charge is -2.32. The zero-order valence-electron chi connectivity index (χ0n) is 25.2. The third-order valence-electron chi connectivity index (χ3n) is 6.82. The monoisotopic (exact) mass is 613 g/mol. The summed E-state index contributed by atoms with van der Waals surface area (Å²) in [6.07, 6.45) is 9.74. The number of guanidine groups is 1. The normalized spacial score (nSPS) is 14.1. The summed E-state index contributed by atoms with van der Waals surface area (Å²) in [7, 11) is 0. The van der Waals surface area contributed by atoms with Crippen LogP contribution < -0.4 is 19.9 Å². The van der Waals surface area contributed by atoms with Crippen LogP contribution in [0.1, 0.15) is 59.3 Å². The number of nitriles is 1. The molecule has 43 heavy (non-hydrogen) atoms. The number of pyridine rings is 1. The minimum Gasteiger partial charge on any atom is -0.494 e. The zero-order valence-corrected chi connectivity index (χ0v) is 26.0. The number of amides is 1. The summed E-state index contributed by atoms with van der Waals surface area (Å²) in [5.41, 5.74) is 6.31. The smallest absolute Gasteiger partial charge is 0.410 e. The van der Waals surface area contributed by atoms with Crippen LogP contribution in [0.2, 0.25) is 5.02 Å². The van der Waals surface area contributed by atoms with Crippen LogP contribution in [0.3, 0.4) is 0 Å². The van der Waals surface area contributed by atoms with E-state index in [1.54, 1.807) is 45.1 Å². The molecule has 2 heterocycles. The van der Waals surface area contributed by atoms with Crippen LogP contribution in [0.15, 0.2) is 53.8 Å².